The molecular formula is C11H7F7S. The molecule has 0 aromatic heterocycles. The van der Waals surface area contributed by atoms with Gasteiger partial charge in [0.15, 0.2) is 23.3 Å². The Balaban J connectivity index is 3.52. The molecule has 0 spiro atoms. The highest BCUT2D eigenvalue weighted by molar-refractivity contribution is 7.99. The fourth-order valence-corrected chi connectivity index (χ4v) is 2.07. The van der Waals surface area contributed by atoms with Gasteiger partial charge >= 0.3 is 6.08 Å². The summed E-state index contributed by atoms with van der Waals surface area (Å²) in [5, 5.41) is 0. The normalized spacial score (nSPS) is 10.7. The zero-order chi connectivity index (χ0) is 14.7. The molecule has 0 amide bonds. The lowest BCUT2D eigenvalue weighted by atomic mass is 10.1. The van der Waals surface area contributed by atoms with Crippen LogP contribution >= 0.6 is 11.8 Å². The summed E-state index contributed by atoms with van der Waals surface area (Å²) < 4.78 is 90.3. The van der Waals surface area contributed by atoms with Crippen LogP contribution in [0.2, 0.25) is 0 Å². The lowest BCUT2D eigenvalue weighted by molar-refractivity contribution is 0.396. The van der Waals surface area contributed by atoms with Crippen LogP contribution in [0.25, 0.3) is 5.83 Å². The van der Waals surface area contributed by atoms with Gasteiger partial charge in [-0.05, 0) is 12.2 Å². The van der Waals surface area contributed by atoms with E-state index in [9.17, 15) is 30.7 Å². The molecule has 0 nitrogen and oxygen atoms in total. The summed E-state index contributed by atoms with van der Waals surface area (Å²) in [4.78, 5) is -0.993. The number of hydrogen-bond donors (Lipinski definition) is 0. The minimum absolute atomic E-state index is 0.155. The summed E-state index contributed by atoms with van der Waals surface area (Å²) in [6, 6.07) is 0. The third kappa shape index (κ3) is 3.05. The Morgan fingerprint density at radius 3 is 1.74 bits per heavy atom. The van der Waals surface area contributed by atoms with Gasteiger partial charge in [0, 0.05) is 0 Å². The van der Waals surface area contributed by atoms with Crippen LogP contribution in [0.15, 0.2) is 11.0 Å². The minimum atomic E-state index is -3.06. The highest BCUT2D eigenvalue weighted by Gasteiger charge is 2.29. The first-order chi connectivity index (χ1) is 8.82. The van der Waals surface area contributed by atoms with E-state index in [1.165, 1.54) is 0 Å². The third-order valence-electron chi connectivity index (χ3n) is 2.06. The molecule has 0 saturated carbocycles. The van der Waals surface area contributed by atoms with Gasteiger partial charge < -0.3 is 0 Å². The summed E-state index contributed by atoms with van der Waals surface area (Å²) in [7, 11) is 0. The Hall–Kier alpha value is -1.18. The first kappa shape index (κ1) is 15.9. The predicted octanol–water partition coefficient (Wildman–Crippen LogP) is 5.28. The van der Waals surface area contributed by atoms with Crippen molar-refractivity contribution in [3.8, 4) is 0 Å². The summed E-state index contributed by atoms with van der Waals surface area (Å²) in [6.07, 6.45) is -2.60. The molecule has 106 valence electrons. The van der Waals surface area contributed by atoms with Gasteiger partial charge in [0.2, 0.25) is 5.83 Å². The minimum Gasteiger partial charge on any atom is -0.203 e. The number of hydrogen-bond acceptors (Lipinski definition) is 1. The summed E-state index contributed by atoms with van der Waals surface area (Å²) in [5.74, 6) is -10.6. The third-order valence-corrected chi connectivity index (χ3v) is 3.32. The second-order valence-corrected chi connectivity index (χ2v) is 4.49. The Morgan fingerprint density at radius 1 is 0.895 bits per heavy atom. The summed E-state index contributed by atoms with van der Waals surface area (Å²) >= 11 is 0.475. The van der Waals surface area contributed by atoms with Gasteiger partial charge in [-0.1, -0.05) is 6.92 Å². The van der Waals surface area contributed by atoms with E-state index < -0.39 is 45.6 Å². The van der Waals surface area contributed by atoms with Crippen molar-refractivity contribution in [1.29, 1.82) is 0 Å². The molecule has 0 atom stereocenters. The average Bonchev–Trinajstić information content (AvgIpc) is 2.36. The fourth-order valence-electron chi connectivity index (χ4n) is 1.23. The lowest BCUT2D eigenvalue weighted by Crippen LogP contribution is -2.05. The van der Waals surface area contributed by atoms with Crippen molar-refractivity contribution in [2.75, 3.05) is 5.75 Å². The van der Waals surface area contributed by atoms with Crippen molar-refractivity contribution in [1.82, 2.24) is 0 Å². The Labute approximate surface area is 108 Å². The van der Waals surface area contributed by atoms with E-state index in [2.05, 4.69) is 0 Å². The Bertz CT molecular complexity index is 491. The topological polar surface area (TPSA) is 0 Å². The quantitative estimate of drug-likeness (QED) is 0.414. The van der Waals surface area contributed by atoms with E-state index in [1.807, 2.05) is 0 Å². The highest BCUT2D eigenvalue weighted by atomic mass is 32.2. The van der Waals surface area contributed by atoms with Gasteiger partial charge in [-0.3, -0.25) is 0 Å². The summed E-state index contributed by atoms with van der Waals surface area (Å²) in [5.41, 5.74) is -2.03. The molecule has 0 N–H and O–H groups in total. The first-order valence-electron chi connectivity index (χ1n) is 5.02. The Kier molecular flexibility index (Phi) is 5.28. The number of rotatable bonds is 4. The fraction of sp³-hybridized carbons (Fsp3) is 0.273. The van der Waals surface area contributed by atoms with Crippen LogP contribution in [-0.2, 0) is 0 Å². The van der Waals surface area contributed by atoms with Gasteiger partial charge in [-0.25, -0.2) is 22.0 Å². The van der Waals surface area contributed by atoms with E-state index in [-0.39, 0.29) is 5.75 Å². The maximum absolute atomic E-state index is 13.4. The van der Waals surface area contributed by atoms with Crippen molar-refractivity contribution in [3.63, 3.8) is 0 Å². The standard InChI is InChI=1S/C11H7F7S/c1-2-3-19-10-8(15)5(12)4(6(13)9(10)16)7(14)11(17)18/h2-3H2,1H3. The number of halogens is 7. The van der Waals surface area contributed by atoms with Gasteiger partial charge in [-0.15, -0.1) is 11.8 Å². The maximum Gasteiger partial charge on any atom is 0.306 e. The SMILES string of the molecule is CCCSc1c(F)c(F)c(C(F)=C(F)F)c(F)c1F. The van der Waals surface area contributed by atoms with Crippen LogP contribution in [0, 0.1) is 23.3 Å². The smallest absolute Gasteiger partial charge is 0.203 e. The van der Waals surface area contributed by atoms with Gasteiger partial charge in [0.25, 0.3) is 0 Å². The molecule has 1 aromatic carbocycles. The van der Waals surface area contributed by atoms with Gasteiger partial charge in [-0.2, -0.15) is 8.78 Å². The highest BCUT2D eigenvalue weighted by Crippen LogP contribution is 2.36. The van der Waals surface area contributed by atoms with Crippen LogP contribution in [0.5, 0.6) is 0 Å². The van der Waals surface area contributed by atoms with E-state index >= 15 is 0 Å². The molecule has 1 aromatic rings. The van der Waals surface area contributed by atoms with Crippen LogP contribution in [-0.4, -0.2) is 5.75 Å². The van der Waals surface area contributed by atoms with Crippen molar-refractivity contribution >= 4 is 17.6 Å². The largest absolute Gasteiger partial charge is 0.306 e. The zero-order valence-electron chi connectivity index (χ0n) is 9.47. The molecule has 0 fully saturated rings. The number of thioether (sulfide) groups is 1. The molecule has 0 aliphatic rings. The monoisotopic (exact) mass is 304 g/mol. The van der Waals surface area contributed by atoms with E-state index in [4.69, 9.17) is 0 Å². The van der Waals surface area contributed by atoms with Gasteiger partial charge in [0.05, 0.1) is 10.5 Å². The second kappa shape index (κ2) is 6.31. The molecule has 19 heavy (non-hydrogen) atoms. The lowest BCUT2D eigenvalue weighted by Gasteiger charge is -2.09. The molecular weight excluding hydrogens is 297 g/mol. The molecule has 0 aliphatic carbocycles. The Morgan fingerprint density at radius 2 is 1.37 bits per heavy atom. The molecule has 0 unspecified atom stereocenters. The number of benzene rings is 1. The van der Waals surface area contributed by atoms with Crippen molar-refractivity contribution in [2.24, 2.45) is 0 Å². The van der Waals surface area contributed by atoms with Crippen molar-refractivity contribution in [3.05, 3.63) is 34.9 Å². The molecule has 0 radical (unpaired) electrons. The molecule has 0 heterocycles. The second-order valence-electron chi connectivity index (χ2n) is 3.38. The van der Waals surface area contributed by atoms with Crippen LogP contribution in [0.1, 0.15) is 18.9 Å². The molecule has 0 aliphatic heterocycles. The predicted molar refractivity (Wildman–Crippen MR) is 57.5 cm³/mol. The molecule has 0 saturated heterocycles. The van der Waals surface area contributed by atoms with Crippen LogP contribution < -0.4 is 0 Å². The first-order valence-corrected chi connectivity index (χ1v) is 6.01. The van der Waals surface area contributed by atoms with Gasteiger partial charge in [0.1, 0.15) is 0 Å². The molecule has 0 bridgehead atoms. The summed E-state index contributed by atoms with van der Waals surface area (Å²) in [6.45, 7) is 1.66. The van der Waals surface area contributed by atoms with Crippen molar-refractivity contribution < 1.29 is 30.7 Å². The molecule has 1 rings (SSSR count). The van der Waals surface area contributed by atoms with E-state index in [0.29, 0.717) is 18.2 Å². The van der Waals surface area contributed by atoms with Crippen molar-refractivity contribution in [2.45, 2.75) is 18.2 Å². The van der Waals surface area contributed by atoms with E-state index in [1.54, 1.807) is 6.92 Å². The van der Waals surface area contributed by atoms with E-state index in [0.717, 1.165) is 0 Å². The van der Waals surface area contributed by atoms with Crippen LogP contribution in [0.4, 0.5) is 30.7 Å². The maximum atomic E-state index is 13.4. The zero-order valence-corrected chi connectivity index (χ0v) is 10.3. The average molecular weight is 304 g/mol. The molecule has 8 heteroatoms. The van der Waals surface area contributed by atoms with Crippen LogP contribution in [0.3, 0.4) is 0 Å².